The number of carbonyl (C=O) groups excluding carboxylic acids is 3. The van der Waals surface area contributed by atoms with Crippen molar-refractivity contribution in [2.45, 2.75) is 26.4 Å². The lowest BCUT2D eigenvalue weighted by Crippen LogP contribution is -2.27. The number of esters is 1. The average Bonchev–Trinajstić information content (AvgIpc) is 2.60. The Balaban J connectivity index is 1.89. The molecule has 2 aromatic rings. The van der Waals surface area contributed by atoms with Crippen LogP contribution in [-0.4, -0.2) is 30.2 Å². The first-order chi connectivity index (χ1) is 13.1. The van der Waals surface area contributed by atoms with Gasteiger partial charge in [-0.2, -0.15) is 0 Å². The number of anilines is 2. The summed E-state index contributed by atoms with van der Waals surface area (Å²) in [5.74, 6) is -1.18. The molecule has 0 aliphatic carbocycles. The molecule has 0 saturated carbocycles. The van der Waals surface area contributed by atoms with Crippen LogP contribution < -0.4 is 10.6 Å². The van der Waals surface area contributed by atoms with E-state index in [1.807, 2.05) is 0 Å². The third-order valence-electron chi connectivity index (χ3n) is 3.21. The van der Waals surface area contributed by atoms with Crippen molar-refractivity contribution in [1.82, 2.24) is 0 Å². The highest BCUT2D eigenvalue weighted by atomic mass is 35.5. The minimum absolute atomic E-state index is 0.188. The molecule has 2 rings (SSSR count). The Bertz CT molecular complexity index is 860. The fourth-order valence-electron chi connectivity index (χ4n) is 2.09. The number of amides is 2. The number of benzene rings is 2. The highest BCUT2D eigenvalue weighted by Crippen LogP contribution is 2.15. The van der Waals surface area contributed by atoms with E-state index in [1.165, 1.54) is 12.1 Å². The van der Waals surface area contributed by atoms with Gasteiger partial charge in [-0.05, 0) is 63.2 Å². The first-order valence-corrected chi connectivity index (χ1v) is 8.83. The summed E-state index contributed by atoms with van der Waals surface area (Å²) in [6, 6.07) is 12.7. The Hall–Kier alpha value is -3.06. The Labute approximate surface area is 168 Å². The maximum absolute atomic E-state index is 12.1. The molecule has 0 bridgehead atoms. The van der Waals surface area contributed by atoms with Gasteiger partial charge >= 0.3 is 12.1 Å². The van der Waals surface area contributed by atoms with E-state index in [4.69, 9.17) is 21.1 Å². The van der Waals surface area contributed by atoms with Gasteiger partial charge in [0.2, 0.25) is 0 Å². The van der Waals surface area contributed by atoms with Crippen LogP contribution in [0.5, 0.6) is 0 Å². The van der Waals surface area contributed by atoms with Gasteiger partial charge in [-0.3, -0.25) is 10.1 Å². The molecule has 7 nitrogen and oxygen atoms in total. The Morgan fingerprint density at radius 1 is 0.964 bits per heavy atom. The van der Waals surface area contributed by atoms with Crippen LogP contribution in [0.3, 0.4) is 0 Å². The lowest BCUT2D eigenvalue weighted by Gasteiger charge is -2.19. The van der Waals surface area contributed by atoms with Crippen molar-refractivity contribution in [1.29, 1.82) is 0 Å². The molecule has 2 amide bonds. The topological polar surface area (TPSA) is 93.7 Å². The van der Waals surface area contributed by atoms with Gasteiger partial charge in [0.15, 0.2) is 6.61 Å². The van der Waals surface area contributed by atoms with E-state index in [1.54, 1.807) is 57.2 Å². The van der Waals surface area contributed by atoms with Crippen molar-refractivity contribution in [3.05, 3.63) is 59.1 Å². The first-order valence-electron chi connectivity index (χ1n) is 8.45. The predicted octanol–water partition coefficient (Wildman–Crippen LogP) is 4.48. The number of hydrogen-bond donors (Lipinski definition) is 2. The molecule has 0 aliphatic heterocycles. The third-order valence-corrected chi connectivity index (χ3v) is 3.46. The van der Waals surface area contributed by atoms with Gasteiger partial charge in [0.1, 0.15) is 5.60 Å². The minimum Gasteiger partial charge on any atom is -0.452 e. The maximum atomic E-state index is 12.1. The van der Waals surface area contributed by atoms with Crippen LogP contribution in [0.2, 0.25) is 5.02 Å². The van der Waals surface area contributed by atoms with E-state index in [0.717, 1.165) is 0 Å². The van der Waals surface area contributed by atoms with Crippen molar-refractivity contribution in [2.75, 3.05) is 17.2 Å². The lowest BCUT2D eigenvalue weighted by atomic mass is 10.2. The number of rotatable bonds is 5. The quantitative estimate of drug-likeness (QED) is 0.716. The monoisotopic (exact) mass is 404 g/mol. The summed E-state index contributed by atoms with van der Waals surface area (Å²) in [6.07, 6.45) is -0.639. The largest absolute Gasteiger partial charge is 0.452 e. The van der Waals surface area contributed by atoms with Crippen LogP contribution in [0.1, 0.15) is 31.1 Å². The fraction of sp³-hybridized carbons (Fsp3) is 0.250. The minimum atomic E-state index is -0.695. The van der Waals surface area contributed by atoms with Crippen LogP contribution in [0.15, 0.2) is 48.5 Å². The van der Waals surface area contributed by atoms with Gasteiger partial charge in [-0.25, -0.2) is 9.59 Å². The summed E-state index contributed by atoms with van der Waals surface area (Å²) in [7, 11) is 0. The van der Waals surface area contributed by atoms with E-state index in [2.05, 4.69) is 10.6 Å². The normalized spacial score (nSPS) is 10.7. The zero-order valence-electron chi connectivity index (χ0n) is 15.7. The summed E-state index contributed by atoms with van der Waals surface area (Å²) in [4.78, 5) is 35.8. The first kappa shape index (κ1) is 21.2. The third kappa shape index (κ3) is 7.28. The Kier molecular flexibility index (Phi) is 7.00. The van der Waals surface area contributed by atoms with E-state index < -0.39 is 30.2 Å². The van der Waals surface area contributed by atoms with Gasteiger partial charge < -0.3 is 14.8 Å². The van der Waals surface area contributed by atoms with Gasteiger partial charge in [0.25, 0.3) is 5.91 Å². The molecule has 0 spiro atoms. The molecule has 0 fully saturated rings. The second-order valence-electron chi connectivity index (χ2n) is 6.84. The predicted molar refractivity (Wildman–Crippen MR) is 107 cm³/mol. The number of nitrogens with one attached hydrogen (secondary N) is 2. The average molecular weight is 405 g/mol. The Morgan fingerprint density at radius 2 is 1.64 bits per heavy atom. The fourth-order valence-corrected chi connectivity index (χ4v) is 2.22. The zero-order chi connectivity index (χ0) is 20.7. The number of hydrogen-bond acceptors (Lipinski definition) is 5. The van der Waals surface area contributed by atoms with Crippen molar-refractivity contribution in [2.24, 2.45) is 0 Å². The van der Waals surface area contributed by atoms with Crippen LogP contribution in [0.25, 0.3) is 0 Å². The van der Waals surface area contributed by atoms with E-state index in [-0.39, 0.29) is 5.56 Å². The molecule has 2 aromatic carbocycles. The molecule has 28 heavy (non-hydrogen) atoms. The molecule has 0 unspecified atom stereocenters. The summed E-state index contributed by atoms with van der Waals surface area (Å²) in [5, 5.41) is 5.67. The summed E-state index contributed by atoms with van der Waals surface area (Å²) < 4.78 is 10.2. The second-order valence-corrected chi connectivity index (χ2v) is 7.28. The molecule has 0 aromatic heterocycles. The molecule has 0 aliphatic rings. The Morgan fingerprint density at radius 3 is 2.29 bits per heavy atom. The highest BCUT2D eigenvalue weighted by Gasteiger charge is 2.17. The van der Waals surface area contributed by atoms with Crippen molar-refractivity contribution in [3.8, 4) is 0 Å². The van der Waals surface area contributed by atoms with Gasteiger partial charge in [0, 0.05) is 16.4 Å². The van der Waals surface area contributed by atoms with E-state index in [9.17, 15) is 14.4 Å². The lowest BCUT2D eigenvalue weighted by molar-refractivity contribution is -0.119. The smallest absolute Gasteiger partial charge is 0.412 e. The number of carbonyl (C=O) groups is 3. The molecule has 8 heteroatoms. The van der Waals surface area contributed by atoms with Crippen molar-refractivity contribution < 1.29 is 23.9 Å². The molecular formula is C20H21ClN2O5. The molecule has 0 atom stereocenters. The van der Waals surface area contributed by atoms with Gasteiger partial charge in [-0.1, -0.05) is 17.7 Å². The summed E-state index contributed by atoms with van der Waals surface area (Å²) in [6.45, 7) is 4.78. The maximum Gasteiger partial charge on any atom is 0.412 e. The van der Waals surface area contributed by atoms with Crippen LogP contribution in [-0.2, 0) is 14.3 Å². The van der Waals surface area contributed by atoms with Crippen molar-refractivity contribution in [3.63, 3.8) is 0 Å². The van der Waals surface area contributed by atoms with Gasteiger partial charge in [0.05, 0.1) is 5.56 Å². The standard InChI is InChI=1S/C20H21ClN2O5/c1-20(2,3)28-19(26)23-16-6-4-5-13(11-16)18(25)27-12-17(24)22-15-9-7-14(21)8-10-15/h4-11H,12H2,1-3H3,(H,22,24)(H,23,26). The van der Waals surface area contributed by atoms with Crippen LogP contribution in [0, 0.1) is 0 Å². The molecule has 0 radical (unpaired) electrons. The van der Waals surface area contributed by atoms with Crippen LogP contribution in [0.4, 0.5) is 16.2 Å². The SMILES string of the molecule is CC(C)(C)OC(=O)Nc1cccc(C(=O)OCC(=O)Nc2ccc(Cl)cc2)c1. The highest BCUT2D eigenvalue weighted by molar-refractivity contribution is 6.30. The van der Waals surface area contributed by atoms with Crippen molar-refractivity contribution >= 4 is 40.9 Å². The van der Waals surface area contributed by atoms with Gasteiger partial charge in [-0.15, -0.1) is 0 Å². The van der Waals surface area contributed by atoms with Crippen LogP contribution >= 0.6 is 11.6 Å². The molecule has 0 heterocycles. The molecule has 2 N–H and O–H groups in total. The molecule has 148 valence electrons. The second kappa shape index (κ2) is 9.23. The summed E-state index contributed by atoms with van der Waals surface area (Å²) >= 11 is 5.78. The summed E-state index contributed by atoms with van der Waals surface area (Å²) in [5.41, 5.74) is 0.453. The molecule has 0 saturated heterocycles. The number of ether oxygens (including phenoxy) is 2. The van der Waals surface area contributed by atoms with E-state index >= 15 is 0 Å². The molecular weight excluding hydrogens is 384 g/mol. The zero-order valence-corrected chi connectivity index (χ0v) is 16.5. The van der Waals surface area contributed by atoms with E-state index in [0.29, 0.717) is 16.4 Å². The number of halogens is 1.